The van der Waals surface area contributed by atoms with E-state index in [9.17, 15) is 9.59 Å². The summed E-state index contributed by atoms with van der Waals surface area (Å²) in [7, 11) is 0. The highest BCUT2D eigenvalue weighted by Crippen LogP contribution is 2.36. The summed E-state index contributed by atoms with van der Waals surface area (Å²) in [6, 6.07) is 12.4. The normalized spacial score (nSPS) is 18.8. The fourth-order valence-electron chi connectivity index (χ4n) is 4.02. The number of nitrogens with one attached hydrogen (secondary N) is 1. The molecule has 1 saturated heterocycles. The van der Waals surface area contributed by atoms with Crippen molar-refractivity contribution in [1.82, 2.24) is 15.2 Å². The largest absolute Gasteiger partial charge is 0.353 e. The van der Waals surface area contributed by atoms with Crippen LogP contribution in [0.1, 0.15) is 45.6 Å². The fraction of sp³-hybridized carbons (Fsp3) is 0.458. The molecule has 1 unspecified atom stereocenters. The lowest BCUT2D eigenvalue weighted by molar-refractivity contribution is -0.133. The van der Waals surface area contributed by atoms with Gasteiger partial charge in [0.2, 0.25) is 11.8 Å². The Kier molecular flexibility index (Phi) is 6.68. The first kappa shape index (κ1) is 21.0. The van der Waals surface area contributed by atoms with Crippen LogP contribution in [0.2, 0.25) is 0 Å². The summed E-state index contributed by atoms with van der Waals surface area (Å²) < 4.78 is 0. The molecule has 0 bridgehead atoms. The van der Waals surface area contributed by atoms with Crippen LogP contribution in [-0.4, -0.2) is 40.8 Å². The Morgan fingerprint density at radius 1 is 1.17 bits per heavy atom. The molecule has 1 fully saturated rings. The molecule has 0 radical (unpaired) electrons. The van der Waals surface area contributed by atoms with Crippen LogP contribution in [0.4, 0.5) is 0 Å². The molecular formula is C24H31N3O2. The lowest BCUT2D eigenvalue weighted by atomic mass is 9.79. The minimum atomic E-state index is -0.566. The average molecular weight is 394 g/mol. The zero-order chi connectivity index (χ0) is 20.9. The predicted octanol–water partition coefficient (Wildman–Crippen LogP) is 3.83. The number of carbonyl (C=O) groups is 2. The molecule has 0 aliphatic carbocycles. The van der Waals surface area contributed by atoms with Gasteiger partial charge in [0.15, 0.2) is 0 Å². The van der Waals surface area contributed by atoms with Gasteiger partial charge in [-0.3, -0.25) is 14.6 Å². The number of pyridine rings is 1. The van der Waals surface area contributed by atoms with Gasteiger partial charge in [-0.2, -0.15) is 0 Å². The van der Waals surface area contributed by atoms with Crippen molar-refractivity contribution in [2.45, 2.75) is 52.5 Å². The third-order valence-electron chi connectivity index (χ3n) is 5.56. The van der Waals surface area contributed by atoms with E-state index in [-0.39, 0.29) is 17.9 Å². The molecule has 2 heterocycles. The van der Waals surface area contributed by atoms with E-state index in [0.717, 1.165) is 23.1 Å². The second-order valence-electron chi connectivity index (χ2n) is 8.34. The van der Waals surface area contributed by atoms with Gasteiger partial charge in [0.05, 0.1) is 5.41 Å². The summed E-state index contributed by atoms with van der Waals surface area (Å²) in [5.41, 5.74) is 2.72. The summed E-state index contributed by atoms with van der Waals surface area (Å²) in [6.45, 7) is 7.11. The van der Waals surface area contributed by atoms with Crippen LogP contribution in [0.5, 0.6) is 0 Å². The van der Waals surface area contributed by atoms with Crippen molar-refractivity contribution >= 4 is 11.8 Å². The molecule has 3 rings (SSSR count). The molecule has 5 heteroatoms. The first-order valence-corrected chi connectivity index (χ1v) is 10.5. The van der Waals surface area contributed by atoms with Crippen LogP contribution in [0.15, 0.2) is 48.8 Å². The van der Waals surface area contributed by atoms with Crippen molar-refractivity contribution in [2.75, 3.05) is 13.1 Å². The Labute approximate surface area is 173 Å². The molecule has 5 nitrogen and oxygen atoms in total. The first-order valence-electron chi connectivity index (χ1n) is 10.5. The monoisotopic (exact) mass is 393 g/mol. The maximum atomic E-state index is 13.1. The van der Waals surface area contributed by atoms with E-state index in [2.05, 4.69) is 34.6 Å². The molecule has 154 valence electrons. The highest BCUT2D eigenvalue weighted by atomic mass is 16.2. The van der Waals surface area contributed by atoms with E-state index in [0.29, 0.717) is 32.4 Å². The number of hydrogen-bond acceptors (Lipinski definition) is 3. The molecule has 0 saturated carbocycles. The van der Waals surface area contributed by atoms with Gasteiger partial charge >= 0.3 is 0 Å². The van der Waals surface area contributed by atoms with Crippen LogP contribution < -0.4 is 5.32 Å². The van der Waals surface area contributed by atoms with Gasteiger partial charge in [-0.1, -0.05) is 37.3 Å². The highest BCUT2D eigenvalue weighted by molar-refractivity contribution is 5.86. The highest BCUT2D eigenvalue weighted by Gasteiger charge is 2.45. The Hall–Kier alpha value is -2.69. The van der Waals surface area contributed by atoms with E-state index >= 15 is 0 Å². The molecule has 1 aromatic carbocycles. The van der Waals surface area contributed by atoms with Crippen LogP contribution >= 0.6 is 0 Å². The smallest absolute Gasteiger partial charge is 0.228 e. The molecule has 2 amide bonds. The van der Waals surface area contributed by atoms with E-state index in [1.807, 2.05) is 44.0 Å². The number of likely N-dealkylation sites (tertiary alicyclic amines) is 1. The first-order chi connectivity index (χ1) is 13.9. The van der Waals surface area contributed by atoms with Crippen molar-refractivity contribution in [3.63, 3.8) is 0 Å². The quantitative estimate of drug-likeness (QED) is 0.777. The number of rotatable bonds is 7. The van der Waals surface area contributed by atoms with Crippen LogP contribution in [0.25, 0.3) is 11.1 Å². The van der Waals surface area contributed by atoms with E-state index in [1.165, 1.54) is 0 Å². The number of nitrogens with zero attached hydrogens (tertiary/aromatic N) is 2. The minimum absolute atomic E-state index is 0.0515. The van der Waals surface area contributed by atoms with Gasteiger partial charge in [-0.05, 0) is 55.9 Å². The minimum Gasteiger partial charge on any atom is -0.353 e. The standard InChI is InChI=1S/C24H31N3O2/c1-4-6-22(28)27-14-12-24(17-27,23(29)26-18(2)3)15-19-8-10-20(11-9-19)21-7-5-13-25-16-21/h5,7-11,13,16,18H,4,6,12,14-15,17H2,1-3H3,(H,26,29). The Morgan fingerprint density at radius 2 is 1.93 bits per heavy atom. The Balaban J connectivity index is 1.80. The summed E-state index contributed by atoms with van der Waals surface area (Å²) >= 11 is 0. The maximum absolute atomic E-state index is 13.1. The van der Waals surface area contributed by atoms with Gasteiger partial charge < -0.3 is 10.2 Å². The Bertz CT molecular complexity index is 833. The average Bonchev–Trinajstić information content (AvgIpc) is 3.14. The second kappa shape index (κ2) is 9.21. The van der Waals surface area contributed by atoms with Gasteiger partial charge in [0.1, 0.15) is 0 Å². The van der Waals surface area contributed by atoms with Gasteiger partial charge in [-0.15, -0.1) is 0 Å². The number of aromatic nitrogens is 1. The number of hydrogen-bond donors (Lipinski definition) is 1. The lowest BCUT2D eigenvalue weighted by Gasteiger charge is -2.29. The van der Waals surface area contributed by atoms with Crippen molar-refractivity contribution in [3.05, 3.63) is 54.4 Å². The fourth-order valence-corrected chi connectivity index (χ4v) is 4.02. The zero-order valence-corrected chi connectivity index (χ0v) is 17.6. The maximum Gasteiger partial charge on any atom is 0.228 e. The molecule has 1 atom stereocenters. The summed E-state index contributed by atoms with van der Waals surface area (Å²) in [4.78, 5) is 31.6. The van der Waals surface area contributed by atoms with Gasteiger partial charge in [-0.25, -0.2) is 0 Å². The lowest BCUT2D eigenvalue weighted by Crippen LogP contribution is -2.47. The second-order valence-corrected chi connectivity index (χ2v) is 8.34. The zero-order valence-electron chi connectivity index (χ0n) is 17.6. The summed E-state index contributed by atoms with van der Waals surface area (Å²) in [5.74, 6) is 0.203. The van der Waals surface area contributed by atoms with Crippen molar-refractivity contribution in [2.24, 2.45) is 5.41 Å². The Morgan fingerprint density at radius 3 is 2.55 bits per heavy atom. The molecule has 0 spiro atoms. The summed E-state index contributed by atoms with van der Waals surface area (Å²) in [5, 5.41) is 3.09. The van der Waals surface area contributed by atoms with E-state index < -0.39 is 5.41 Å². The van der Waals surface area contributed by atoms with Crippen LogP contribution in [-0.2, 0) is 16.0 Å². The van der Waals surface area contributed by atoms with Gasteiger partial charge in [0.25, 0.3) is 0 Å². The molecule has 1 aromatic heterocycles. The predicted molar refractivity (Wildman–Crippen MR) is 115 cm³/mol. The molecule has 29 heavy (non-hydrogen) atoms. The number of amides is 2. The molecule has 2 aromatic rings. The molecular weight excluding hydrogens is 362 g/mol. The van der Waals surface area contributed by atoms with Crippen molar-refractivity contribution in [3.8, 4) is 11.1 Å². The van der Waals surface area contributed by atoms with Crippen LogP contribution in [0.3, 0.4) is 0 Å². The number of carbonyl (C=O) groups excluding carboxylic acids is 2. The van der Waals surface area contributed by atoms with E-state index in [1.54, 1.807) is 6.20 Å². The summed E-state index contributed by atoms with van der Waals surface area (Å²) in [6.07, 6.45) is 6.32. The molecule has 1 N–H and O–H groups in total. The third kappa shape index (κ3) is 5.03. The van der Waals surface area contributed by atoms with Gasteiger partial charge in [0, 0.05) is 37.9 Å². The molecule has 1 aliphatic heterocycles. The van der Waals surface area contributed by atoms with Crippen molar-refractivity contribution < 1.29 is 9.59 Å². The topological polar surface area (TPSA) is 62.3 Å². The van der Waals surface area contributed by atoms with Crippen molar-refractivity contribution in [1.29, 1.82) is 0 Å². The van der Waals surface area contributed by atoms with E-state index in [4.69, 9.17) is 0 Å². The SMILES string of the molecule is CCCC(=O)N1CCC(Cc2ccc(-c3cccnc3)cc2)(C(=O)NC(C)C)C1. The third-order valence-corrected chi connectivity index (χ3v) is 5.56. The van der Waals surface area contributed by atoms with Crippen LogP contribution in [0, 0.1) is 5.41 Å². The number of benzene rings is 1. The molecule has 1 aliphatic rings.